The lowest BCUT2D eigenvalue weighted by atomic mass is 9.99. The third-order valence-corrected chi connectivity index (χ3v) is 19.4. The van der Waals surface area contributed by atoms with Crippen molar-refractivity contribution in [3.8, 4) is 0 Å². The van der Waals surface area contributed by atoms with Crippen LogP contribution < -0.4 is 0 Å². The second kappa shape index (κ2) is 65.2. The van der Waals surface area contributed by atoms with Crippen LogP contribution in [0.2, 0.25) is 0 Å². The van der Waals surface area contributed by atoms with Crippen LogP contribution in [0.1, 0.15) is 357 Å². The number of allylic oxidation sites excluding steroid dienone is 4. The fourth-order valence-corrected chi connectivity index (χ4v) is 12.4. The van der Waals surface area contributed by atoms with Gasteiger partial charge in [0.15, 0.2) is 12.2 Å². The van der Waals surface area contributed by atoms with Gasteiger partial charge in [-0.3, -0.25) is 37.3 Å². The summed E-state index contributed by atoms with van der Waals surface area (Å²) < 4.78 is 68.4. The first kappa shape index (κ1) is 91.5. The summed E-state index contributed by atoms with van der Waals surface area (Å²) in [6, 6.07) is 0. The Morgan fingerprint density at radius 3 is 0.947 bits per heavy atom. The molecule has 0 bridgehead atoms. The summed E-state index contributed by atoms with van der Waals surface area (Å²) >= 11 is 0. The standard InChI is InChI=1S/C75H142O17P2/c1-8-11-12-13-14-15-16-17-18-22-25-28-34-42-49-56-72(77)85-62-70(92-75(80)59-52-45-36-31-30-33-40-47-54-67(6)9-2)64-89-93(81,82)87-60-69(76)61-88-94(83,84)90-65-71(63-86-73(78)57-50-43-38-37-41-48-55-68(7)10-3)91-74(79)58-51-44-35-29-26-23-20-19-21-24-27-32-39-46-53-66(4)5/h15-18,66-71,76H,8-14,19-65H2,1-7H3,(H,81,82)(H,83,84)/b16-15-,18-17-/t67?,68?,69-,70-,71-/m1/s1. The molecule has 0 rings (SSSR count). The third kappa shape index (κ3) is 65.5. The van der Waals surface area contributed by atoms with Gasteiger partial charge in [0.25, 0.3) is 0 Å². The topological polar surface area (TPSA) is 237 Å². The maximum absolute atomic E-state index is 13.1. The van der Waals surface area contributed by atoms with Crippen LogP contribution in [0.25, 0.3) is 0 Å². The lowest BCUT2D eigenvalue weighted by Crippen LogP contribution is -2.30. The Kier molecular flexibility index (Phi) is 63.5. The molecule has 554 valence electrons. The minimum absolute atomic E-state index is 0.0978. The molecule has 17 nitrogen and oxygen atoms in total. The molecule has 0 aromatic heterocycles. The Morgan fingerprint density at radius 1 is 0.351 bits per heavy atom. The fraction of sp³-hybridized carbons (Fsp3) is 0.893. The van der Waals surface area contributed by atoms with Gasteiger partial charge < -0.3 is 33.8 Å². The molecule has 0 aromatic carbocycles. The maximum Gasteiger partial charge on any atom is 0.472 e. The van der Waals surface area contributed by atoms with Crippen molar-refractivity contribution < 1.29 is 80.2 Å². The number of rotatable bonds is 71. The number of phosphoric acid groups is 2. The van der Waals surface area contributed by atoms with Crippen molar-refractivity contribution in [3.63, 3.8) is 0 Å². The van der Waals surface area contributed by atoms with Crippen LogP contribution in [0.4, 0.5) is 0 Å². The van der Waals surface area contributed by atoms with Gasteiger partial charge >= 0.3 is 39.5 Å². The average Bonchev–Trinajstić information content (AvgIpc) is 1.47. The van der Waals surface area contributed by atoms with Gasteiger partial charge in [0.2, 0.25) is 0 Å². The number of aliphatic hydroxyl groups is 1. The van der Waals surface area contributed by atoms with Gasteiger partial charge in [-0.1, -0.05) is 304 Å². The summed E-state index contributed by atoms with van der Waals surface area (Å²) in [7, 11) is -9.92. The molecule has 0 aliphatic heterocycles. The summed E-state index contributed by atoms with van der Waals surface area (Å²) in [5.41, 5.74) is 0. The lowest BCUT2D eigenvalue weighted by molar-refractivity contribution is -0.161. The van der Waals surface area contributed by atoms with Gasteiger partial charge in [-0.2, -0.15) is 0 Å². The zero-order valence-electron chi connectivity index (χ0n) is 60.9. The Bertz CT molecular complexity index is 1930. The summed E-state index contributed by atoms with van der Waals surface area (Å²) in [5, 5.41) is 10.6. The quantitative estimate of drug-likeness (QED) is 0.0169. The number of carbonyl (C=O) groups is 4. The van der Waals surface area contributed by atoms with Gasteiger partial charge in [-0.25, -0.2) is 9.13 Å². The van der Waals surface area contributed by atoms with E-state index in [1.165, 1.54) is 141 Å². The largest absolute Gasteiger partial charge is 0.472 e. The van der Waals surface area contributed by atoms with Gasteiger partial charge in [0.05, 0.1) is 26.4 Å². The van der Waals surface area contributed by atoms with E-state index >= 15 is 0 Å². The van der Waals surface area contributed by atoms with E-state index in [1.54, 1.807) is 0 Å². The molecule has 0 aliphatic rings. The second-order valence-electron chi connectivity index (χ2n) is 27.3. The van der Waals surface area contributed by atoms with Crippen LogP contribution in [0.3, 0.4) is 0 Å². The Labute approximate surface area is 573 Å². The van der Waals surface area contributed by atoms with Crippen LogP contribution in [0, 0.1) is 17.8 Å². The van der Waals surface area contributed by atoms with E-state index in [0.29, 0.717) is 25.7 Å². The molecule has 4 unspecified atom stereocenters. The van der Waals surface area contributed by atoms with Crippen molar-refractivity contribution >= 4 is 39.5 Å². The molecular formula is C75H142O17P2. The molecule has 0 heterocycles. The Morgan fingerprint density at radius 2 is 0.628 bits per heavy atom. The smallest absolute Gasteiger partial charge is 0.462 e. The first-order chi connectivity index (χ1) is 45.3. The highest BCUT2D eigenvalue weighted by Crippen LogP contribution is 2.45. The van der Waals surface area contributed by atoms with E-state index in [4.69, 9.17) is 37.0 Å². The second-order valence-corrected chi connectivity index (χ2v) is 30.2. The molecule has 0 spiro atoms. The van der Waals surface area contributed by atoms with Crippen molar-refractivity contribution in [2.24, 2.45) is 17.8 Å². The zero-order valence-corrected chi connectivity index (χ0v) is 62.7. The maximum atomic E-state index is 13.1. The minimum atomic E-state index is -4.96. The highest BCUT2D eigenvalue weighted by atomic mass is 31.2. The molecule has 0 saturated heterocycles. The summed E-state index contributed by atoms with van der Waals surface area (Å²) in [6.45, 7) is 11.8. The van der Waals surface area contributed by atoms with Gasteiger partial charge in [-0.15, -0.1) is 0 Å². The molecule has 0 amide bonds. The third-order valence-electron chi connectivity index (χ3n) is 17.5. The number of esters is 4. The molecule has 19 heteroatoms. The van der Waals surface area contributed by atoms with E-state index in [9.17, 15) is 43.2 Å². The predicted octanol–water partition coefficient (Wildman–Crippen LogP) is 21.3. The Hall–Kier alpha value is -2.46. The van der Waals surface area contributed by atoms with E-state index in [-0.39, 0.29) is 25.7 Å². The van der Waals surface area contributed by atoms with Crippen molar-refractivity contribution in [1.29, 1.82) is 0 Å². The van der Waals surface area contributed by atoms with E-state index < -0.39 is 97.5 Å². The van der Waals surface area contributed by atoms with Crippen molar-refractivity contribution in [2.75, 3.05) is 39.6 Å². The first-order valence-corrected chi connectivity index (χ1v) is 41.2. The molecule has 94 heavy (non-hydrogen) atoms. The summed E-state index contributed by atoms with van der Waals surface area (Å²) in [4.78, 5) is 72.7. The highest BCUT2D eigenvalue weighted by molar-refractivity contribution is 7.47. The highest BCUT2D eigenvalue weighted by Gasteiger charge is 2.30. The molecule has 0 aliphatic carbocycles. The molecule has 0 saturated carbocycles. The number of unbranched alkanes of at least 4 members (excludes halogenated alkanes) is 34. The van der Waals surface area contributed by atoms with E-state index in [2.05, 4.69) is 72.8 Å². The summed E-state index contributed by atoms with van der Waals surface area (Å²) in [6.07, 6.45) is 53.5. The van der Waals surface area contributed by atoms with Gasteiger partial charge in [-0.05, 0) is 69.1 Å². The molecule has 0 aromatic rings. The zero-order chi connectivity index (χ0) is 69.4. The monoisotopic (exact) mass is 1380 g/mol. The number of aliphatic hydroxyl groups excluding tert-OH is 1. The van der Waals surface area contributed by atoms with Crippen LogP contribution in [-0.4, -0.2) is 96.7 Å². The summed E-state index contributed by atoms with van der Waals surface area (Å²) in [5.74, 6) is 0.137. The van der Waals surface area contributed by atoms with Crippen molar-refractivity contribution in [2.45, 2.75) is 375 Å². The van der Waals surface area contributed by atoms with Crippen molar-refractivity contribution in [3.05, 3.63) is 24.3 Å². The SMILES string of the molecule is CCCCCC/C=C\C=C/CCCCCCCC(=O)OC[C@H](COP(=O)(O)OC[C@@H](O)COP(=O)(O)OC[C@@H](COC(=O)CCCCCCCCC(C)CC)OC(=O)CCCCCCCCCCCCCCCCC(C)C)OC(=O)CCCCCCCCCCC(C)CC. The van der Waals surface area contributed by atoms with Crippen molar-refractivity contribution in [1.82, 2.24) is 0 Å². The normalized spacial score (nSPS) is 14.8. The number of phosphoric ester groups is 2. The van der Waals surface area contributed by atoms with Gasteiger partial charge in [0.1, 0.15) is 19.3 Å². The van der Waals surface area contributed by atoms with Crippen LogP contribution in [0.5, 0.6) is 0 Å². The first-order valence-electron chi connectivity index (χ1n) is 38.2. The number of ether oxygens (including phenoxy) is 4. The lowest BCUT2D eigenvalue weighted by Gasteiger charge is -2.21. The molecule has 7 atom stereocenters. The Balaban J connectivity index is 5.28. The molecule has 0 radical (unpaired) electrons. The van der Waals surface area contributed by atoms with Crippen LogP contribution in [0.15, 0.2) is 24.3 Å². The average molecular weight is 1380 g/mol. The van der Waals surface area contributed by atoms with Gasteiger partial charge in [0, 0.05) is 25.7 Å². The molecule has 0 fully saturated rings. The van der Waals surface area contributed by atoms with E-state index in [0.717, 1.165) is 133 Å². The minimum Gasteiger partial charge on any atom is -0.462 e. The predicted molar refractivity (Wildman–Crippen MR) is 381 cm³/mol. The molecule has 3 N–H and O–H groups in total. The van der Waals surface area contributed by atoms with Crippen LogP contribution in [-0.2, 0) is 65.4 Å². The fourth-order valence-electron chi connectivity index (χ4n) is 10.8. The molecular weight excluding hydrogens is 1230 g/mol. The van der Waals surface area contributed by atoms with Crippen LogP contribution >= 0.6 is 15.6 Å². The number of hydrogen-bond donors (Lipinski definition) is 3. The number of carbonyl (C=O) groups excluding carboxylic acids is 4. The number of hydrogen-bond acceptors (Lipinski definition) is 15. The van der Waals surface area contributed by atoms with E-state index in [1.807, 2.05) is 0 Å².